The highest BCUT2D eigenvalue weighted by Crippen LogP contribution is 2.29. The predicted octanol–water partition coefficient (Wildman–Crippen LogP) is 2.76. The van der Waals surface area contributed by atoms with Gasteiger partial charge >= 0.3 is 6.03 Å². The molecule has 27 heavy (non-hydrogen) atoms. The van der Waals surface area contributed by atoms with E-state index in [1.807, 2.05) is 18.0 Å². The van der Waals surface area contributed by atoms with Crippen molar-refractivity contribution in [1.29, 1.82) is 5.26 Å². The lowest BCUT2D eigenvalue weighted by Gasteiger charge is -2.42. The Balaban J connectivity index is 1.38. The molecule has 0 radical (unpaired) electrons. The Hall–Kier alpha value is -2.26. The van der Waals surface area contributed by atoms with Crippen molar-refractivity contribution in [1.82, 2.24) is 9.80 Å². The summed E-state index contributed by atoms with van der Waals surface area (Å²) in [6.45, 7) is 5.71. The number of likely N-dealkylation sites (N-methyl/N-ethyl adjacent to an activating group) is 1. The molecule has 0 bridgehead atoms. The maximum Gasteiger partial charge on any atom is 0.324 e. The van der Waals surface area contributed by atoms with Gasteiger partial charge in [0.25, 0.3) is 0 Å². The third kappa shape index (κ3) is 3.74. The van der Waals surface area contributed by atoms with Crippen molar-refractivity contribution in [2.45, 2.75) is 31.7 Å². The summed E-state index contributed by atoms with van der Waals surface area (Å²) in [6.07, 6.45) is 4.50. The smallest absolute Gasteiger partial charge is 0.324 e. The number of urea groups is 1. The number of rotatable bonds is 3. The summed E-state index contributed by atoms with van der Waals surface area (Å²) in [7, 11) is 1.86. The quantitative estimate of drug-likeness (QED) is 0.824. The molecule has 4 rings (SSSR count). The van der Waals surface area contributed by atoms with Crippen LogP contribution in [-0.4, -0.2) is 68.2 Å². The first kappa shape index (κ1) is 18.1. The van der Waals surface area contributed by atoms with Gasteiger partial charge in [-0.2, -0.15) is 5.26 Å². The zero-order chi connectivity index (χ0) is 18.8. The molecule has 1 atom stereocenters. The van der Waals surface area contributed by atoms with Crippen LogP contribution < -0.4 is 9.80 Å². The number of benzene rings is 1. The van der Waals surface area contributed by atoms with Crippen molar-refractivity contribution in [3.8, 4) is 6.07 Å². The van der Waals surface area contributed by atoms with Gasteiger partial charge in [0.05, 0.1) is 12.0 Å². The largest absolute Gasteiger partial charge is 0.371 e. The van der Waals surface area contributed by atoms with Crippen LogP contribution in [0.5, 0.6) is 0 Å². The average molecular weight is 367 g/mol. The molecular formula is C21H29N5O. The van der Waals surface area contributed by atoms with E-state index in [0.717, 1.165) is 70.6 Å². The van der Waals surface area contributed by atoms with E-state index < -0.39 is 0 Å². The molecule has 2 amide bonds. The van der Waals surface area contributed by atoms with E-state index in [4.69, 9.17) is 0 Å². The maximum atomic E-state index is 12.3. The monoisotopic (exact) mass is 367 g/mol. The fraction of sp³-hybridized carbons (Fsp3) is 0.619. The van der Waals surface area contributed by atoms with Gasteiger partial charge in [-0.25, -0.2) is 4.79 Å². The Morgan fingerprint density at radius 2 is 1.81 bits per heavy atom. The number of nitrogens with zero attached hydrogens (tertiary/aromatic N) is 5. The molecule has 3 aliphatic rings. The van der Waals surface area contributed by atoms with Gasteiger partial charge in [-0.15, -0.1) is 0 Å². The highest BCUT2D eigenvalue weighted by Gasteiger charge is 2.30. The molecule has 1 aromatic rings. The summed E-state index contributed by atoms with van der Waals surface area (Å²) in [5.41, 5.74) is 2.21. The van der Waals surface area contributed by atoms with Gasteiger partial charge in [0.15, 0.2) is 0 Å². The van der Waals surface area contributed by atoms with Crippen LogP contribution in [0.3, 0.4) is 0 Å². The Kier molecular flexibility index (Phi) is 5.22. The molecule has 1 unspecified atom stereocenters. The number of nitriles is 1. The first-order valence-electron chi connectivity index (χ1n) is 10.2. The highest BCUT2D eigenvalue weighted by molar-refractivity contribution is 5.94. The second-order valence-corrected chi connectivity index (χ2v) is 8.06. The number of hydrogen-bond acceptors (Lipinski definition) is 4. The number of amides is 2. The molecular weight excluding hydrogens is 338 g/mol. The zero-order valence-electron chi connectivity index (χ0n) is 16.2. The molecule has 0 aromatic heterocycles. The molecule has 3 heterocycles. The number of anilines is 2. The molecule has 3 fully saturated rings. The molecule has 6 heteroatoms. The summed E-state index contributed by atoms with van der Waals surface area (Å²) in [5, 5.41) is 9.23. The summed E-state index contributed by atoms with van der Waals surface area (Å²) < 4.78 is 0. The van der Waals surface area contributed by atoms with E-state index >= 15 is 0 Å². The molecule has 0 spiro atoms. The average Bonchev–Trinajstić information content (AvgIpc) is 3.07. The van der Waals surface area contributed by atoms with E-state index in [-0.39, 0.29) is 11.9 Å². The lowest BCUT2D eigenvalue weighted by molar-refractivity contribution is 0.122. The topological polar surface area (TPSA) is 53.8 Å². The van der Waals surface area contributed by atoms with Crippen LogP contribution in [0, 0.1) is 17.2 Å². The first-order valence-corrected chi connectivity index (χ1v) is 10.2. The Morgan fingerprint density at radius 1 is 1.04 bits per heavy atom. The van der Waals surface area contributed by atoms with Crippen LogP contribution in [-0.2, 0) is 0 Å². The third-order valence-corrected chi connectivity index (χ3v) is 6.34. The predicted molar refractivity (Wildman–Crippen MR) is 107 cm³/mol. The lowest BCUT2D eigenvalue weighted by Crippen LogP contribution is -2.48. The van der Waals surface area contributed by atoms with Crippen molar-refractivity contribution < 1.29 is 4.79 Å². The number of likely N-dealkylation sites (tertiary alicyclic amines) is 1. The number of piperidine rings is 2. The minimum absolute atomic E-state index is 0.0861. The normalized spacial score (nSPS) is 25.1. The molecule has 3 aliphatic heterocycles. The van der Waals surface area contributed by atoms with E-state index in [1.54, 1.807) is 4.90 Å². The molecule has 0 aliphatic carbocycles. The summed E-state index contributed by atoms with van der Waals surface area (Å²) in [5.74, 6) is 0.213. The molecule has 0 N–H and O–H groups in total. The third-order valence-electron chi connectivity index (χ3n) is 6.34. The van der Waals surface area contributed by atoms with Crippen molar-refractivity contribution >= 4 is 17.4 Å². The first-order chi connectivity index (χ1) is 13.2. The lowest BCUT2D eigenvalue weighted by atomic mass is 9.94. The summed E-state index contributed by atoms with van der Waals surface area (Å²) >= 11 is 0. The number of carbonyl (C=O) groups excluding carboxylic acids is 1. The van der Waals surface area contributed by atoms with Crippen LogP contribution in [0.4, 0.5) is 16.2 Å². The van der Waals surface area contributed by atoms with E-state index in [1.165, 1.54) is 5.69 Å². The van der Waals surface area contributed by atoms with Crippen molar-refractivity contribution in [3.05, 3.63) is 24.3 Å². The summed E-state index contributed by atoms with van der Waals surface area (Å²) in [6, 6.07) is 11.6. The van der Waals surface area contributed by atoms with Gasteiger partial charge in [-0.3, -0.25) is 9.80 Å². The van der Waals surface area contributed by atoms with Crippen molar-refractivity contribution in [2.75, 3.05) is 56.1 Å². The van der Waals surface area contributed by atoms with Crippen LogP contribution in [0.2, 0.25) is 0 Å². The Labute approximate surface area is 161 Å². The van der Waals surface area contributed by atoms with E-state index in [0.29, 0.717) is 6.04 Å². The molecule has 144 valence electrons. The maximum absolute atomic E-state index is 12.3. The van der Waals surface area contributed by atoms with Crippen LogP contribution >= 0.6 is 0 Å². The Morgan fingerprint density at radius 3 is 2.52 bits per heavy atom. The van der Waals surface area contributed by atoms with Crippen molar-refractivity contribution in [2.24, 2.45) is 5.92 Å². The van der Waals surface area contributed by atoms with Crippen LogP contribution in [0.1, 0.15) is 25.7 Å². The SMILES string of the molecule is CN1CCN(c2cccc(N3CCC(N4CCCC(C#N)C4)CC3)c2)C1=O. The zero-order valence-corrected chi connectivity index (χ0v) is 16.2. The molecule has 1 aromatic carbocycles. The van der Waals surface area contributed by atoms with Crippen molar-refractivity contribution in [3.63, 3.8) is 0 Å². The highest BCUT2D eigenvalue weighted by atomic mass is 16.2. The second kappa shape index (κ2) is 7.77. The van der Waals surface area contributed by atoms with Crippen LogP contribution in [0.15, 0.2) is 24.3 Å². The minimum Gasteiger partial charge on any atom is -0.371 e. The molecule has 0 saturated carbocycles. The van der Waals surface area contributed by atoms with Gasteiger partial charge in [0.1, 0.15) is 0 Å². The number of hydrogen-bond donors (Lipinski definition) is 0. The fourth-order valence-electron chi connectivity index (χ4n) is 4.68. The Bertz CT molecular complexity index is 722. The van der Waals surface area contributed by atoms with Gasteiger partial charge in [-0.1, -0.05) is 6.07 Å². The van der Waals surface area contributed by atoms with Gasteiger partial charge in [-0.05, 0) is 50.4 Å². The van der Waals surface area contributed by atoms with Crippen LogP contribution in [0.25, 0.3) is 0 Å². The second-order valence-electron chi connectivity index (χ2n) is 8.06. The fourth-order valence-corrected chi connectivity index (χ4v) is 4.68. The van der Waals surface area contributed by atoms with Gasteiger partial charge in [0.2, 0.25) is 0 Å². The number of carbonyl (C=O) groups is 1. The van der Waals surface area contributed by atoms with E-state index in [2.05, 4.69) is 34.1 Å². The van der Waals surface area contributed by atoms with Gasteiger partial charge < -0.3 is 9.80 Å². The van der Waals surface area contributed by atoms with E-state index in [9.17, 15) is 10.1 Å². The van der Waals surface area contributed by atoms with Gasteiger partial charge in [0, 0.05) is 57.2 Å². The minimum atomic E-state index is 0.0861. The standard InChI is InChI=1S/C21H29N5O/c1-23-12-13-26(21(23)27)20-6-2-5-19(14-20)24-10-7-18(8-11-24)25-9-3-4-17(15-22)16-25/h2,5-6,14,17-18H,3-4,7-13,16H2,1H3. The summed E-state index contributed by atoms with van der Waals surface area (Å²) in [4.78, 5) is 20.9. The molecule has 6 nitrogen and oxygen atoms in total. The molecule has 3 saturated heterocycles.